The third-order valence-electron chi connectivity index (χ3n) is 3.62. The fourth-order valence-corrected chi connectivity index (χ4v) is 3.20. The molecule has 0 radical (unpaired) electrons. The van der Waals surface area contributed by atoms with Crippen LogP contribution in [0.25, 0.3) is 17.1 Å². The zero-order valence-electron chi connectivity index (χ0n) is 14.6. The Morgan fingerprint density at radius 1 is 1.08 bits per heavy atom. The van der Waals surface area contributed by atoms with Gasteiger partial charge in [0.2, 0.25) is 0 Å². The van der Waals surface area contributed by atoms with E-state index in [4.69, 9.17) is 9.47 Å². The van der Waals surface area contributed by atoms with E-state index in [1.165, 1.54) is 18.9 Å². The fourth-order valence-electron chi connectivity index (χ4n) is 2.41. The van der Waals surface area contributed by atoms with Crippen molar-refractivity contribution in [1.82, 2.24) is 14.8 Å². The average molecular weight is 369 g/mol. The van der Waals surface area contributed by atoms with Crippen molar-refractivity contribution in [1.29, 1.82) is 0 Å². The molecule has 0 aliphatic rings. The van der Waals surface area contributed by atoms with Crippen LogP contribution in [0.15, 0.2) is 59.8 Å². The topological polar surface area (TPSA) is 66.2 Å². The average Bonchev–Trinajstić information content (AvgIpc) is 3.11. The van der Waals surface area contributed by atoms with Gasteiger partial charge < -0.3 is 9.47 Å². The van der Waals surface area contributed by atoms with E-state index in [1.807, 2.05) is 66.1 Å². The summed E-state index contributed by atoms with van der Waals surface area (Å²) in [6.07, 6.45) is 0. The molecule has 2 aromatic carbocycles. The Bertz CT molecular complexity index is 863. The van der Waals surface area contributed by atoms with E-state index < -0.39 is 0 Å². The highest BCUT2D eigenvalue weighted by Crippen LogP contribution is 2.28. The Labute approximate surface area is 156 Å². The lowest BCUT2D eigenvalue weighted by atomic mass is 10.2. The number of carbonyl (C=O) groups is 1. The van der Waals surface area contributed by atoms with Crippen molar-refractivity contribution >= 4 is 17.7 Å². The standard InChI is InChI=1S/C19H19N3O3S/c1-3-25-16-11-9-15(10-12-16)22-18(14-7-5-4-6-8-14)20-21-19(22)26-13-17(23)24-2/h4-12H,3,13H2,1-2H3. The molecule has 0 bridgehead atoms. The molecule has 0 amide bonds. The van der Waals surface area contributed by atoms with Crippen molar-refractivity contribution in [2.24, 2.45) is 0 Å². The molecule has 3 aromatic rings. The molecular weight excluding hydrogens is 350 g/mol. The van der Waals surface area contributed by atoms with E-state index in [0.29, 0.717) is 17.6 Å². The number of rotatable bonds is 7. The molecule has 0 atom stereocenters. The van der Waals surface area contributed by atoms with E-state index >= 15 is 0 Å². The fraction of sp³-hybridized carbons (Fsp3) is 0.211. The first-order chi connectivity index (χ1) is 12.7. The van der Waals surface area contributed by atoms with Crippen molar-refractivity contribution in [2.45, 2.75) is 12.1 Å². The minimum Gasteiger partial charge on any atom is -0.494 e. The summed E-state index contributed by atoms with van der Waals surface area (Å²) in [5, 5.41) is 9.23. The van der Waals surface area contributed by atoms with Gasteiger partial charge in [-0.15, -0.1) is 10.2 Å². The van der Waals surface area contributed by atoms with Gasteiger partial charge in [-0.3, -0.25) is 9.36 Å². The van der Waals surface area contributed by atoms with E-state index in [-0.39, 0.29) is 11.7 Å². The molecule has 0 aliphatic heterocycles. The molecule has 0 fully saturated rings. The summed E-state index contributed by atoms with van der Waals surface area (Å²) in [4.78, 5) is 11.5. The van der Waals surface area contributed by atoms with Gasteiger partial charge in [0.15, 0.2) is 11.0 Å². The monoisotopic (exact) mass is 369 g/mol. The number of benzene rings is 2. The summed E-state index contributed by atoms with van der Waals surface area (Å²) in [6.45, 7) is 2.56. The molecule has 1 heterocycles. The number of ether oxygens (including phenoxy) is 2. The largest absolute Gasteiger partial charge is 0.494 e. The van der Waals surface area contributed by atoms with Crippen LogP contribution >= 0.6 is 11.8 Å². The normalized spacial score (nSPS) is 10.5. The molecule has 0 saturated heterocycles. The third-order valence-corrected chi connectivity index (χ3v) is 4.52. The first kappa shape index (κ1) is 18.0. The van der Waals surface area contributed by atoms with Gasteiger partial charge in [0.05, 0.1) is 19.5 Å². The second kappa shape index (κ2) is 8.53. The smallest absolute Gasteiger partial charge is 0.316 e. The third kappa shape index (κ3) is 4.05. The summed E-state index contributed by atoms with van der Waals surface area (Å²) < 4.78 is 12.2. The van der Waals surface area contributed by atoms with Crippen molar-refractivity contribution in [3.63, 3.8) is 0 Å². The maximum absolute atomic E-state index is 11.5. The SMILES string of the molecule is CCOc1ccc(-n2c(SCC(=O)OC)nnc2-c2ccccc2)cc1. The van der Waals surface area contributed by atoms with Crippen LogP contribution in [0, 0.1) is 0 Å². The Balaban J connectivity index is 2.01. The summed E-state index contributed by atoms with van der Waals surface area (Å²) in [5.74, 6) is 1.37. The van der Waals surface area contributed by atoms with Crippen LogP contribution in [0.4, 0.5) is 0 Å². The molecule has 7 heteroatoms. The number of hydrogen-bond acceptors (Lipinski definition) is 6. The van der Waals surface area contributed by atoms with Crippen LogP contribution in [0.5, 0.6) is 5.75 Å². The number of thioether (sulfide) groups is 1. The van der Waals surface area contributed by atoms with Gasteiger partial charge in [-0.2, -0.15) is 0 Å². The van der Waals surface area contributed by atoms with Crippen molar-refractivity contribution in [3.05, 3.63) is 54.6 Å². The summed E-state index contributed by atoms with van der Waals surface area (Å²) in [6, 6.07) is 17.5. The molecule has 0 saturated carbocycles. The van der Waals surface area contributed by atoms with E-state index in [9.17, 15) is 4.79 Å². The lowest BCUT2D eigenvalue weighted by molar-refractivity contribution is -0.137. The number of methoxy groups -OCH3 is 1. The van der Waals surface area contributed by atoms with Gasteiger partial charge in [-0.05, 0) is 31.2 Å². The number of nitrogens with zero attached hydrogens (tertiary/aromatic N) is 3. The minimum atomic E-state index is -0.308. The lowest BCUT2D eigenvalue weighted by Gasteiger charge is -2.11. The Kier molecular flexibility index (Phi) is 5.91. The number of esters is 1. The van der Waals surface area contributed by atoms with Gasteiger partial charge >= 0.3 is 5.97 Å². The number of aromatic nitrogens is 3. The molecule has 134 valence electrons. The van der Waals surface area contributed by atoms with Crippen molar-refractivity contribution < 1.29 is 14.3 Å². The Morgan fingerprint density at radius 3 is 2.46 bits per heavy atom. The van der Waals surface area contributed by atoms with Crippen LogP contribution in [-0.2, 0) is 9.53 Å². The van der Waals surface area contributed by atoms with Crippen LogP contribution < -0.4 is 4.74 Å². The molecule has 0 aliphatic carbocycles. The zero-order chi connectivity index (χ0) is 18.4. The van der Waals surface area contributed by atoms with E-state index in [1.54, 1.807) is 0 Å². The van der Waals surface area contributed by atoms with Crippen molar-refractivity contribution in [2.75, 3.05) is 19.5 Å². The number of hydrogen-bond donors (Lipinski definition) is 0. The first-order valence-corrected chi connectivity index (χ1v) is 9.15. The van der Waals surface area contributed by atoms with Crippen LogP contribution in [0.2, 0.25) is 0 Å². The molecule has 0 N–H and O–H groups in total. The second-order valence-electron chi connectivity index (χ2n) is 5.30. The van der Waals surface area contributed by atoms with E-state index in [0.717, 1.165) is 17.0 Å². The van der Waals surface area contributed by atoms with Crippen LogP contribution in [0.1, 0.15) is 6.92 Å². The Hall–Kier alpha value is -2.80. The summed E-state index contributed by atoms with van der Waals surface area (Å²) in [5.41, 5.74) is 1.84. The number of carbonyl (C=O) groups excluding carboxylic acids is 1. The second-order valence-corrected chi connectivity index (χ2v) is 6.24. The maximum Gasteiger partial charge on any atom is 0.316 e. The maximum atomic E-state index is 11.5. The predicted octanol–water partition coefficient (Wildman–Crippen LogP) is 3.60. The minimum absolute atomic E-state index is 0.167. The molecular formula is C19H19N3O3S. The van der Waals surface area contributed by atoms with Crippen LogP contribution in [0.3, 0.4) is 0 Å². The zero-order valence-corrected chi connectivity index (χ0v) is 15.4. The summed E-state index contributed by atoms with van der Waals surface area (Å²) >= 11 is 1.29. The van der Waals surface area contributed by atoms with Gasteiger partial charge in [-0.25, -0.2) is 0 Å². The van der Waals surface area contributed by atoms with Crippen LogP contribution in [-0.4, -0.2) is 40.2 Å². The predicted molar refractivity (Wildman–Crippen MR) is 101 cm³/mol. The quantitative estimate of drug-likeness (QED) is 0.468. The molecule has 1 aromatic heterocycles. The highest BCUT2D eigenvalue weighted by molar-refractivity contribution is 7.99. The summed E-state index contributed by atoms with van der Waals surface area (Å²) in [7, 11) is 1.37. The molecule has 6 nitrogen and oxygen atoms in total. The highest BCUT2D eigenvalue weighted by Gasteiger charge is 2.17. The molecule has 3 rings (SSSR count). The Morgan fingerprint density at radius 2 is 1.81 bits per heavy atom. The highest BCUT2D eigenvalue weighted by atomic mass is 32.2. The molecule has 26 heavy (non-hydrogen) atoms. The van der Waals surface area contributed by atoms with E-state index in [2.05, 4.69) is 10.2 Å². The van der Waals surface area contributed by atoms with Gasteiger partial charge in [0.1, 0.15) is 5.75 Å². The van der Waals surface area contributed by atoms with Gasteiger partial charge in [-0.1, -0.05) is 42.1 Å². The molecule has 0 spiro atoms. The van der Waals surface area contributed by atoms with Gasteiger partial charge in [0.25, 0.3) is 0 Å². The first-order valence-electron chi connectivity index (χ1n) is 8.16. The molecule has 0 unspecified atom stereocenters. The lowest BCUT2D eigenvalue weighted by Crippen LogP contribution is -2.05. The van der Waals surface area contributed by atoms with Gasteiger partial charge in [0, 0.05) is 11.3 Å². The van der Waals surface area contributed by atoms with Crippen molar-refractivity contribution in [3.8, 4) is 22.8 Å².